The summed E-state index contributed by atoms with van der Waals surface area (Å²) in [7, 11) is 5.07. The zero-order valence-corrected chi connectivity index (χ0v) is 15.7. The molecule has 0 aromatic heterocycles. The Kier molecular flexibility index (Phi) is 8.65. The van der Waals surface area contributed by atoms with Gasteiger partial charge >= 0.3 is 0 Å². The summed E-state index contributed by atoms with van der Waals surface area (Å²) in [6.45, 7) is 3.31. The van der Waals surface area contributed by atoms with Crippen LogP contribution in [0, 0.1) is 0 Å². The number of halogens is 1. The predicted octanol–water partition coefficient (Wildman–Crippen LogP) is 1.78. The number of nitrogens with one attached hydrogen (secondary N) is 2. The maximum Gasteiger partial charge on any atom is 0.243 e. The fraction of sp³-hybridized carbons (Fsp3) is 0.500. The van der Waals surface area contributed by atoms with Crippen LogP contribution in [0.4, 0.5) is 0 Å². The minimum atomic E-state index is -0.0496. The summed E-state index contributed by atoms with van der Waals surface area (Å²) in [6, 6.07) is 8.04. The van der Waals surface area contributed by atoms with Crippen LogP contribution < -0.4 is 10.6 Å². The SMILES string of the molecule is COCCNC(=NCC(=O)N(C)C)NC(C)c1ccccc1Br. The fourth-order valence-electron chi connectivity index (χ4n) is 1.82. The van der Waals surface area contributed by atoms with Crippen molar-refractivity contribution >= 4 is 27.8 Å². The lowest BCUT2D eigenvalue weighted by Gasteiger charge is -2.20. The van der Waals surface area contributed by atoms with E-state index in [0.29, 0.717) is 19.1 Å². The maximum atomic E-state index is 11.7. The smallest absolute Gasteiger partial charge is 0.243 e. The molecule has 0 heterocycles. The van der Waals surface area contributed by atoms with Crippen molar-refractivity contribution in [3.8, 4) is 0 Å². The van der Waals surface area contributed by atoms with Gasteiger partial charge in [-0.1, -0.05) is 34.1 Å². The second-order valence-electron chi connectivity index (χ2n) is 5.26. The van der Waals surface area contributed by atoms with Crippen molar-refractivity contribution in [2.45, 2.75) is 13.0 Å². The van der Waals surface area contributed by atoms with E-state index >= 15 is 0 Å². The van der Waals surface area contributed by atoms with Gasteiger partial charge in [-0.3, -0.25) is 4.79 Å². The van der Waals surface area contributed by atoms with Crippen LogP contribution in [-0.2, 0) is 9.53 Å². The number of nitrogens with zero attached hydrogens (tertiary/aromatic N) is 2. The summed E-state index contributed by atoms with van der Waals surface area (Å²) in [5.74, 6) is 0.534. The molecule has 0 aliphatic rings. The van der Waals surface area contributed by atoms with E-state index in [1.807, 2.05) is 31.2 Å². The Morgan fingerprint density at radius 3 is 2.70 bits per heavy atom. The molecule has 0 spiro atoms. The Morgan fingerprint density at radius 2 is 2.09 bits per heavy atom. The van der Waals surface area contributed by atoms with Gasteiger partial charge < -0.3 is 20.3 Å². The van der Waals surface area contributed by atoms with Crippen LogP contribution in [-0.4, -0.2) is 57.7 Å². The molecule has 1 unspecified atom stereocenters. The van der Waals surface area contributed by atoms with Crippen LogP contribution in [0.2, 0.25) is 0 Å². The molecule has 23 heavy (non-hydrogen) atoms. The van der Waals surface area contributed by atoms with E-state index in [9.17, 15) is 4.79 Å². The molecular formula is C16H25BrN4O2. The Hall–Kier alpha value is -1.60. The van der Waals surface area contributed by atoms with Gasteiger partial charge in [-0.2, -0.15) is 0 Å². The third-order valence-corrected chi connectivity index (χ3v) is 3.92. The molecule has 0 radical (unpaired) electrons. The van der Waals surface area contributed by atoms with Gasteiger partial charge in [0, 0.05) is 32.2 Å². The van der Waals surface area contributed by atoms with Crippen molar-refractivity contribution in [3.05, 3.63) is 34.3 Å². The number of amides is 1. The molecule has 0 saturated carbocycles. The van der Waals surface area contributed by atoms with Crippen LogP contribution >= 0.6 is 15.9 Å². The highest BCUT2D eigenvalue weighted by Crippen LogP contribution is 2.22. The minimum Gasteiger partial charge on any atom is -0.383 e. The molecule has 6 nitrogen and oxygen atoms in total. The molecule has 0 bridgehead atoms. The average Bonchev–Trinajstić information content (AvgIpc) is 2.52. The molecule has 0 fully saturated rings. The summed E-state index contributed by atoms with van der Waals surface area (Å²) in [5.41, 5.74) is 1.12. The highest BCUT2D eigenvalue weighted by Gasteiger charge is 2.11. The first-order chi connectivity index (χ1) is 11.0. The van der Waals surface area contributed by atoms with E-state index in [-0.39, 0.29) is 18.5 Å². The highest BCUT2D eigenvalue weighted by atomic mass is 79.9. The number of guanidine groups is 1. The molecule has 1 amide bonds. The Balaban J connectivity index is 2.76. The van der Waals surface area contributed by atoms with E-state index in [1.165, 1.54) is 4.90 Å². The number of methoxy groups -OCH3 is 1. The summed E-state index contributed by atoms with van der Waals surface area (Å²) >= 11 is 3.55. The second-order valence-corrected chi connectivity index (χ2v) is 6.11. The summed E-state index contributed by atoms with van der Waals surface area (Å²) < 4.78 is 6.07. The Bertz CT molecular complexity index is 535. The number of benzene rings is 1. The molecule has 1 rings (SSSR count). The molecule has 0 saturated heterocycles. The predicted molar refractivity (Wildman–Crippen MR) is 96.6 cm³/mol. The third kappa shape index (κ3) is 7.00. The van der Waals surface area contributed by atoms with Crippen molar-refractivity contribution < 1.29 is 9.53 Å². The molecule has 128 valence electrons. The number of aliphatic imine (C=N–C) groups is 1. The van der Waals surface area contributed by atoms with Gasteiger partial charge in [0.25, 0.3) is 0 Å². The lowest BCUT2D eigenvalue weighted by Crippen LogP contribution is -2.41. The summed E-state index contributed by atoms with van der Waals surface area (Å²) in [6.07, 6.45) is 0. The number of ether oxygens (including phenoxy) is 1. The number of hydrogen-bond donors (Lipinski definition) is 2. The number of hydrogen-bond acceptors (Lipinski definition) is 3. The molecule has 1 aromatic carbocycles. The van der Waals surface area contributed by atoms with Crippen molar-refractivity contribution in [1.29, 1.82) is 0 Å². The van der Waals surface area contributed by atoms with Crippen molar-refractivity contribution in [3.63, 3.8) is 0 Å². The lowest BCUT2D eigenvalue weighted by atomic mass is 10.1. The van der Waals surface area contributed by atoms with E-state index in [1.54, 1.807) is 21.2 Å². The average molecular weight is 385 g/mol. The normalized spacial score (nSPS) is 12.7. The Morgan fingerprint density at radius 1 is 1.39 bits per heavy atom. The van der Waals surface area contributed by atoms with Crippen molar-refractivity contribution in [2.24, 2.45) is 4.99 Å². The first-order valence-corrected chi connectivity index (χ1v) is 8.23. The third-order valence-electron chi connectivity index (χ3n) is 3.19. The number of carbonyl (C=O) groups is 1. The number of rotatable bonds is 7. The van der Waals surface area contributed by atoms with E-state index in [2.05, 4.69) is 31.6 Å². The van der Waals surface area contributed by atoms with Crippen molar-refractivity contribution in [2.75, 3.05) is 40.9 Å². The van der Waals surface area contributed by atoms with E-state index in [0.717, 1.165) is 10.0 Å². The highest BCUT2D eigenvalue weighted by molar-refractivity contribution is 9.10. The van der Waals surface area contributed by atoms with Crippen molar-refractivity contribution in [1.82, 2.24) is 15.5 Å². The van der Waals surface area contributed by atoms with Crippen LogP contribution in [0.5, 0.6) is 0 Å². The number of carbonyl (C=O) groups excluding carboxylic acids is 1. The summed E-state index contributed by atoms with van der Waals surface area (Å²) in [4.78, 5) is 17.6. The van der Waals surface area contributed by atoms with Gasteiger partial charge in [0.15, 0.2) is 5.96 Å². The van der Waals surface area contributed by atoms with Gasteiger partial charge in [0.05, 0.1) is 12.6 Å². The molecule has 1 atom stereocenters. The van der Waals surface area contributed by atoms with Crippen LogP contribution in [0.25, 0.3) is 0 Å². The van der Waals surface area contributed by atoms with Gasteiger partial charge in [0.2, 0.25) is 5.91 Å². The molecule has 1 aromatic rings. The maximum absolute atomic E-state index is 11.7. The topological polar surface area (TPSA) is 66.0 Å². The standard InChI is InChI=1S/C16H25BrN4O2/c1-12(13-7-5-6-8-14(13)17)20-16(18-9-10-23-4)19-11-15(22)21(2)3/h5-8,12H,9-11H2,1-4H3,(H2,18,19,20). The monoisotopic (exact) mass is 384 g/mol. The van der Waals surface area contributed by atoms with Gasteiger partial charge in [-0.15, -0.1) is 0 Å². The first kappa shape index (κ1) is 19.4. The second kappa shape index (κ2) is 10.2. The van der Waals surface area contributed by atoms with Gasteiger partial charge in [0.1, 0.15) is 6.54 Å². The summed E-state index contributed by atoms with van der Waals surface area (Å²) in [5, 5.41) is 6.47. The molecular weight excluding hydrogens is 360 g/mol. The first-order valence-electron chi connectivity index (χ1n) is 7.44. The quantitative estimate of drug-likeness (QED) is 0.427. The Labute approximate surface area is 146 Å². The molecule has 0 aliphatic heterocycles. The van der Waals surface area contributed by atoms with Gasteiger partial charge in [-0.25, -0.2) is 4.99 Å². The molecule has 7 heteroatoms. The minimum absolute atomic E-state index is 0.0360. The van der Waals surface area contributed by atoms with E-state index < -0.39 is 0 Å². The van der Waals surface area contributed by atoms with Crippen LogP contribution in [0.15, 0.2) is 33.7 Å². The molecule has 2 N–H and O–H groups in total. The number of likely N-dealkylation sites (N-methyl/N-ethyl adjacent to an activating group) is 1. The zero-order valence-electron chi connectivity index (χ0n) is 14.1. The van der Waals surface area contributed by atoms with E-state index in [4.69, 9.17) is 4.74 Å². The van der Waals surface area contributed by atoms with Crippen LogP contribution in [0.3, 0.4) is 0 Å². The zero-order chi connectivity index (χ0) is 17.2. The fourth-order valence-corrected chi connectivity index (χ4v) is 2.45. The molecule has 0 aliphatic carbocycles. The van der Waals surface area contributed by atoms with Crippen LogP contribution in [0.1, 0.15) is 18.5 Å². The largest absolute Gasteiger partial charge is 0.383 e. The lowest BCUT2D eigenvalue weighted by molar-refractivity contribution is -0.127. The van der Waals surface area contributed by atoms with Gasteiger partial charge in [-0.05, 0) is 18.6 Å².